The van der Waals surface area contributed by atoms with Gasteiger partial charge in [-0.25, -0.2) is 9.98 Å². The van der Waals surface area contributed by atoms with E-state index in [1.807, 2.05) is 12.4 Å². The van der Waals surface area contributed by atoms with Crippen molar-refractivity contribution in [2.24, 2.45) is 10.9 Å². The predicted molar refractivity (Wildman–Crippen MR) is 120 cm³/mol. The number of aliphatic imine (C=N–C) groups is 1. The maximum atomic E-state index is 4.81. The molecule has 2 aromatic rings. The zero-order valence-electron chi connectivity index (χ0n) is 18.1. The van der Waals surface area contributed by atoms with Crippen LogP contribution >= 0.6 is 0 Å². The summed E-state index contributed by atoms with van der Waals surface area (Å²) in [5.41, 5.74) is 1.37. The summed E-state index contributed by atoms with van der Waals surface area (Å²) in [5.74, 6) is 2.45. The van der Waals surface area contributed by atoms with Gasteiger partial charge in [0.1, 0.15) is 12.4 Å². The summed E-state index contributed by atoms with van der Waals surface area (Å²) in [6, 6.07) is 11.2. The van der Waals surface area contributed by atoms with Crippen molar-refractivity contribution in [1.82, 2.24) is 25.1 Å². The van der Waals surface area contributed by atoms with Gasteiger partial charge in [-0.1, -0.05) is 44.2 Å². The first-order valence-corrected chi connectivity index (χ1v) is 11.0. The van der Waals surface area contributed by atoms with E-state index in [2.05, 4.69) is 76.2 Å². The van der Waals surface area contributed by atoms with Crippen LogP contribution in [0.25, 0.3) is 0 Å². The van der Waals surface area contributed by atoms with Crippen molar-refractivity contribution in [3.63, 3.8) is 0 Å². The Labute approximate surface area is 175 Å². The molecule has 2 heterocycles. The number of nitrogens with zero attached hydrogens (tertiary/aromatic N) is 4. The van der Waals surface area contributed by atoms with Gasteiger partial charge in [0.25, 0.3) is 0 Å². The molecule has 1 aliphatic rings. The second-order valence-electron chi connectivity index (χ2n) is 8.14. The van der Waals surface area contributed by atoms with E-state index in [0.717, 1.165) is 31.4 Å². The monoisotopic (exact) mass is 396 g/mol. The lowest BCUT2D eigenvalue weighted by Crippen LogP contribution is -2.42. The van der Waals surface area contributed by atoms with Gasteiger partial charge in [-0.15, -0.1) is 0 Å². The predicted octanol–water partition coefficient (Wildman–Crippen LogP) is 3.43. The van der Waals surface area contributed by atoms with Gasteiger partial charge >= 0.3 is 0 Å². The molecule has 158 valence electrons. The summed E-state index contributed by atoms with van der Waals surface area (Å²) in [4.78, 5) is 11.9. The van der Waals surface area contributed by atoms with E-state index in [1.165, 1.54) is 31.5 Å². The second kappa shape index (κ2) is 11.0. The average molecular weight is 397 g/mol. The zero-order chi connectivity index (χ0) is 20.5. The van der Waals surface area contributed by atoms with Crippen LogP contribution in [0.2, 0.25) is 0 Å². The highest BCUT2D eigenvalue weighted by molar-refractivity contribution is 5.79. The summed E-state index contributed by atoms with van der Waals surface area (Å²) >= 11 is 0. The third-order valence-corrected chi connectivity index (χ3v) is 5.31. The molecule has 0 aliphatic carbocycles. The molecule has 3 rings (SSSR count). The van der Waals surface area contributed by atoms with Crippen molar-refractivity contribution in [3.8, 4) is 0 Å². The number of rotatable bonds is 9. The maximum Gasteiger partial charge on any atom is 0.191 e. The smallest absolute Gasteiger partial charge is 0.191 e. The topological polar surface area (TPSA) is 57.5 Å². The van der Waals surface area contributed by atoms with Crippen LogP contribution < -0.4 is 10.6 Å². The number of aromatic nitrogens is 2. The summed E-state index contributed by atoms with van der Waals surface area (Å²) < 4.78 is 2.20. The maximum absolute atomic E-state index is 4.81. The number of benzene rings is 1. The molecule has 0 spiro atoms. The average Bonchev–Trinajstić information content (AvgIpc) is 3.39. The van der Waals surface area contributed by atoms with E-state index in [0.29, 0.717) is 18.5 Å². The largest absolute Gasteiger partial charge is 0.357 e. The first-order valence-electron chi connectivity index (χ1n) is 11.0. The van der Waals surface area contributed by atoms with Crippen LogP contribution in [0.5, 0.6) is 0 Å². The van der Waals surface area contributed by atoms with E-state index >= 15 is 0 Å². The first-order chi connectivity index (χ1) is 14.2. The molecule has 0 saturated carbocycles. The molecule has 1 aromatic heterocycles. The lowest BCUT2D eigenvalue weighted by atomic mass is 10.1. The fourth-order valence-electron chi connectivity index (χ4n) is 3.92. The molecular formula is C23H36N6. The minimum Gasteiger partial charge on any atom is -0.357 e. The third kappa shape index (κ3) is 6.32. The minimum absolute atomic E-state index is 0.366. The number of likely N-dealkylation sites (tertiary alicyclic amines) is 1. The van der Waals surface area contributed by atoms with Crippen molar-refractivity contribution >= 4 is 5.96 Å². The Morgan fingerprint density at radius 2 is 1.90 bits per heavy atom. The molecule has 6 nitrogen and oxygen atoms in total. The van der Waals surface area contributed by atoms with Crippen LogP contribution in [0, 0.1) is 5.92 Å². The second-order valence-corrected chi connectivity index (χ2v) is 8.14. The van der Waals surface area contributed by atoms with Crippen LogP contribution in [-0.2, 0) is 13.1 Å². The number of nitrogens with one attached hydrogen (secondary N) is 2. The van der Waals surface area contributed by atoms with E-state index in [9.17, 15) is 0 Å². The van der Waals surface area contributed by atoms with E-state index in [1.54, 1.807) is 0 Å². The van der Waals surface area contributed by atoms with Crippen LogP contribution in [0.15, 0.2) is 47.7 Å². The molecule has 0 bridgehead atoms. The lowest BCUT2D eigenvalue weighted by Gasteiger charge is -2.29. The van der Waals surface area contributed by atoms with Gasteiger partial charge in [0.2, 0.25) is 0 Å². The van der Waals surface area contributed by atoms with Crippen LogP contribution in [0.4, 0.5) is 0 Å². The molecule has 29 heavy (non-hydrogen) atoms. The van der Waals surface area contributed by atoms with Gasteiger partial charge in [0.05, 0.1) is 6.04 Å². The summed E-state index contributed by atoms with van der Waals surface area (Å²) in [6.07, 6.45) is 6.49. The summed E-state index contributed by atoms with van der Waals surface area (Å²) in [7, 11) is 0. The Morgan fingerprint density at radius 1 is 1.14 bits per heavy atom. The van der Waals surface area contributed by atoms with Crippen LogP contribution in [0.1, 0.15) is 51.0 Å². The quantitative estimate of drug-likeness (QED) is 0.504. The Kier molecular flexibility index (Phi) is 8.11. The molecule has 1 aromatic carbocycles. The highest BCUT2D eigenvalue weighted by Crippen LogP contribution is 2.24. The third-order valence-electron chi connectivity index (χ3n) is 5.31. The Hall–Kier alpha value is -2.34. The molecule has 0 amide bonds. The van der Waals surface area contributed by atoms with Gasteiger partial charge < -0.3 is 15.2 Å². The van der Waals surface area contributed by atoms with Gasteiger partial charge in [-0.2, -0.15) is 0 Å². The van der Waals surface area contributed by atoms with Crippen molar-refractivity contribution in [2.45, 2.75) is 52.7 Å². The minimum atomic E-state index is 0.366. The summed E-state index contributed by atoms with van der Waals surface area (Å²) in [5, 5.41) is 6.97. The van der Waals surface area contributed by atoms with Gasteiger partial charge in [-0.3, -0.25) is 4.90 Å². The number of guanidine groups is 1. The van der Waals surface area contributed by atoms with Crippen LogP contribution in [0.3, 0.4) is 0 Å². The molecule has 1 unspecified atom stereocenters. The van der Waals surface area contributed by atoms with E-state index in [4.69, 9.17) is 4.99 Å². The molecular weight excluding hydrogens is 360 g/mol. The van der Waals surface area contributed by atoms with Gasteiger partial charge in [0, 0.05) is 32.0 Å². The van der Waals surface area contributed by atoms with Gasteiger partial charge in [-0.05, 0) is 44.3 Å². The molecule has 1 saturated heterocycles. The van der Waals surface area contributed by atoms with Gasteiger partial charge in [0.15, 0.2) is 5.96 Å². The molecule has 6 heteroatoms. The fourth-order valence-corrected chi connectivity index (χ4v) is 3.92. The molecule has 1 fully saturated rings. The molecule has 0 radical (unpaired) electrons. The number of hydrogen-bond acceptors (Lipinski definition) is 3. The van der Waals surface area contributed by atoms with Crippen LogP contribution in [-0.4, -0.2) is 46.6 Å². The van der Waals surface area contributed by atoms with E-state index in [-0.39, 0.29) is 0 Å². The molecule has 1 atom stereocenters. The Balaban J connectivity index is 1.67. The van der Waals surface area contributed by atoms with Crippen molar-refractivity contribution in [1.29, 1.82) is 0 Å². The van der Waals surface area contributed by atoms with Crippen molar-refractivity contribution < 1.29 is 0 Å². The molecule has 1 aliphatic heterocycles. The Bertz CT molecular complexity index is 746. The van der Waals surface area contributed by atoms with Crippen molar-refractivity contribution in [3.05, 3.63) is 54.1 Å². The highest BCUT2D eigenvalue weighted by Gasteiger charge is 2.23. The SMILES string of the molecule is CCNC(=NCc1nccn1CC(C)C)NCC(c1ccccc1)N1CCCC1. The Morgan fingerprint density at radius 3 is 2.59 bits per heavy atom. The van der Waals surface area contributed by atoms with E-state index < -0.39 is 0 Å². The summed E-state index contributed by atoms with van der Waals surface area (Å²) in [6.45, 7) is 12.1. The highest BCUT2D eigenvalue weighted by atomic mass is 15.2. The van der Waals surface area contributed by atoms with Crippen molar-refractivity contribution in [2.75, 3.05) is 26.2 Å². The normalized spacial score (nSPS) is 16.3. The zero-order valence-corrected chi connectivity index (χ0v) is 18.1. The number of hydrogen-bond donors (Lipinski definition) is 2. The standard InChI is InChI=1S/C23H36N6/c1-4-24-23(27-17-22-25-12-15-29(22)18-19(2)3)26-16-21(28-13-8-9-14-28)20-10-6-5-7-11-20/h5-7,10-12,15,19,21H,4,8-9,13-14,16-18H2,1-3H3,(H2,24,26,27). The fraction of sp³-hybridized carbons (Fsp3) is 0.565. The lowest BCUT2D eigenvalue weighted by molar-refractivity contribution is 0.245. The first kappa shape index (κ1) is 21.4. The number of imidazole rings is 1. The molecule has 2 N–H and O–H groups in total.